The van der Waals surface area contributed by atoms with Crippen molar-refractivity contribution in [3.8, 4) is 11.5 Å². The van der Waals surface area contributed by atoms with Crippen LogP contribution in [0.3, 0.4) is 0 Å². The number of carbonyl (C=O) groups excluding carboxylic acids is 2. The summed E-state index contributed by atoms with van der Waals surface area (Å²) in [5.74, 6) is -1.88. The summed E-state index contributed by atoms with van der Waals surface area (Å²) in [5, 5.41) is 12.9. The molecule has 1 aliphatic heterocycles. The van der Waals surface area contributed by atoms with Crippen LogP contribution in [-0.4, -0.2) is 54.4 Å². The summed E-state index contributed by atoms with van der Waals surface area (Å²) in [6.07, 6.45) is 0.0547. The number of methoxy groups -OCH3 is 1. The van der Waals surface area contributed by atoms with E-state index in [4.69, 9.17) is 9.47 Å². The molecule has 34 heavy (non-hydrogen) atoms. The van der Waals surface area contributed by atoms with Gasteiger partial charge >= 0.3 is 6.09 Å². The highest BCUT2D eigenvalue weighted by Crippen LogP contribution is 2.38. The highest BCUT2D eigenvalue weighted by atomic mass is 19.1. The monoisotopic (exact) mass is 476 g/mol. The minimum absolute atomic E-state index is 0.0359. The Balaban J connectivity index is 1.86. The third-order valence-corrected chi connectivity index (χ3v) is 5.91. The number of nitrogens with one attached hydrogen (secondary N) is 1. The van der Waals surface area contributed by atoms with Crippen LogP contribution in [0.4, 0.5) is 13.6 Å². The van der Waals surface area contributed by atoms with Crippen LogP contribution in [0.1, 0.15) is 49.5 Å². The average Bonchev–Trinajstić information content (AvgIpc) is 2.78. The van der Waals surface area contributed by atoms with Gasteiger partial charge in [-0.3, -0.25) is 4.79 Å². The van der Waals surface area contributed by atoms with Gasteiger partial charge in [0.2, 0.25) is 0 Å². The summed E-state index contributed by atoms with van der Waals surface area (Å²) in [6.45, 7) is 5.74. The summed E-state index contributed by atoms with van der Waals surface area (Å²) in [6, 6.07) is 7.66. The molecule has 2 N–H and O–H groups in total. The van der Waals surface area contributed by atoms with Crippen molar-refractivity contribution in [1.29, 1.82) is 0 Å². The molecule has 0 aromatic heterocycles. The van der Waals surface area contributed by atoms with Gasteiger partial charge in [-0.05, 0) is 69.5 Å². The van der Waals surface area contributed by atoms with E-state index in [9.17, 15) is 23.5 Å². The zero-order valence-corrected chi connectivity index (χ0v) is 19.8. The summed E-state index contributed by atoms with van der Waals surface area (Å²) in [4.78, 5) is 27.0. The van der Waals surface area contributed by atoms with E-state index in [1.807, 2.05) is 0 Å². The summed E-state index contributed by atoms with van der Waals surface area (Å²) < 4.78 is 39.6. The Bertz CT molecular complexity index is 1060. The molecule has 0 spiro atoms. The molecule has 1 aliphatic rings. The number of halogens is 2. The fourth-order valence-electron chi connectivity index (χ4n) is 4.14. The second kappa shape index (κ2) is 9.87. The first-order valence-electron chi connectivity index (χ1n) is 11.0. The molecule has 1 fully saturated rings. The molecule has 0 saturated carbocycles. The first-order valence-corrected chi connectivity index (χ1v) is 11.0. The lowest BCUT2D eigenvalue weighted by Gasteiger charge is -2.42. The van der Waals surface area contributed by atoms with Gasteiger partial charge in [0.25, 0.3) is 5.91 Å². The number of benzene rings is 2. The van der Waals surface area contributed by atoms with E-state index < -0.39 is 34.7 Å². The van der Waals surface area contributed by atoms with Gasteiger partial charge in [-0.1, -0.05) is 6.07 Å². The number of likely N-dealkylation sites (tertiary alicyclic amines) is 1. The van der Waals surface area contributed by atoms with E-state index in [0.29, 0.717) is 0 Å². The van der Waals surface area contributed by atoms with E-state index in [-0.39, 0.29) is 55.1 Å². The van der Waals surface area contributed by atoms with Crippen molar-refractivity contribution >= 4 is 12.0 Å². The number of nitrogens with zero attached hydrogens (tertiary/aromatic N) is 1. The van der Waals surface area contributed by atoms with Crippen LogP contribution < -0.4 is 10.1 Å². The molecule has 9 heteroatoms. The van der Waals surface area contributed by atoms with Crippen molar-refractivity contribution in [2.45, 2.75) is 44.6 Å². The third kappa shape index (κ3) is 5.58. The highest BCUT2D eigenvalue weighted by molar-refractivity contribution is 5.99. The molecule has 2 amide bonds. The minimum atomic E-state index is -0.974. The van der Waals surface area contributed by atoms with Gasteiger partial charge < -0.3 is 24.8 Å². The third-order valence-electron chi connectivity index (χ3n) is 5.91. The Morgan fingerprint density at radius 2 is 1.82 bits per heavy atom. The topological polar surface area (TPSA) is 88.1 Å². The maximum atomic E-state index is 14.9. The van der Waals surface area contributed by atoms with Crippen molar-refractivity contribution in [2.75, 3.05) is 26.7 Å². The number of ether oxygens (including phenoxy) is 2. The first-order chi connectivity index (χ1) is 16.0. The fraction of sp³-hybridized carbons (Fsp3) is 0.440. The van der Waals surface area contributed by atoms with Crippen LogP contribution in [0.2, 0.25) is 0 Å². The van der Waals surface area contributed by atoms with Crippen molar-refractivity contribution in [3.05, 3.63) is 59.2 Å². The van der Waals surface area contributed by atoms with Crippen molar-refractivity contribution in [3.63, 3.8) is 0 Å². The molecule has 2 aromatic carbocycles. The molecule has 0 unspecified atom stereocenters. The standard InChI is InChI=1S/C25H30F2N2O5/c1-24(2,3)34-23(32)29-12-10-25(11-13-29,17-14-16(26)8-9-18(17)27)15-28-22(31)21-19(30)6-5-7-20(21)33-4/h5-9,14,30H,10-13,15H2,1-4H3,(H,28,31). The summed E-state index contributed by atoms with van der Waals surface area (Å²) in [5.41, 5.74) is -1.56. The van der Waals surface area contributed by atoms with Gasteiger partial charge in [-0.25, -0.2) is 13.6 Å². The smallest absolute Gasteiger partial charge is 0.410 e. The quantitative estimate of drug-likeness (QED) is 0.669. The molecule has 0 bridgehead atoms. The minimum Gasteiger partial charge on any atom is -0.507 e. The highest BCUT2D eigenvalue weighted by Gasteiger charge is 2.41. The second-order valence-corrected chi connectivity index (χ2v) is 9.41. The molecule has 0 aliphatic carbocycles. The lowest BCUT2D eigenvalue weighted by atomic mass is 9.72. The SMILES string of the molecule is COc1cccc(O)c1C(=O)NCC1(c2cc(F)ccc2F)CCN(C(=O)OC(C)(C)C)CC1. The number of piperidine rings is 1. The van der Waals surface area contributed by atoms with E-state index >= 15 is 0 Å². The van der Waals surface area contributed by atoms with Crippen LogP contribution in [0.25, 0.3) is 0 Å². The zero-order chi connectivity index (χ0) is 25.1. The predicted octanol–water partition coefficient (Wildman–Crippen LogP) is 4.38. The molecule has 1 saturated heterocycles. The van der Waals surface area contributed by atoms with E-state index in [1.165, 1.54) is 24.1 Å². The zero-order valence-electron chi connectivity index (χ0n) is 19.8. The molecule has 7 nitrogen and oxygen atoms in total. The number of phenolic OH excluding ortho intramolecular Hbond substituents is 1. The maximum absolute atomic E-state index is 14.9. The Hall–Kier alpha value is -3.36. The largest absolute Gasteiger partial charge is 0.507 e. The fourth-order valence-corrected chi connectivity index (χ4v) is 4.14. The van der Waals surface area contributed by atoms with Gasteiger partial charge in [0.1, 0.15) is 34.3 Å². The molecular formula is C25H30F2N2O5. The Morgan fingerprint density at radius 1 is 1.15 bits per heavy atom. The van der Waals surface area contributed by atoms with Crippen molar-refractivity contribution in [2.24, 2.45) is 0 Å². The van der Waals surface area contributed by atoms with Gasteiger partial charge in [0, 0.05) is 25.0 Å². The Kier molecular flexibility index (Phi) is 7.33. The molecule has 1 heterocycles. The van der Waals surface area contributed by atoms with Crippen LogP contribution in [0.5, 0.6) is 11.5 Å². The first kappa shape index (κ1) is 25.3. The number of amides is 2. The summed E-state index contributed by atoms with van der Waals surface area (Å²) >= 11 is 0. The Labute approximate surface area is 197 Å². The van der Waals surface area contributed by atoms with Gasteiger partial charge in [0.05, 0.1) is 7.11 Å². The normalized spacial score (nSPS) is 15.5. The number of aromatic hydroxyl groups is 1. The summed E-state index contributed by atoms with van der Waals surface area (Å²) in [7, 11) is 1.38. The van der Waals surface area contributed by atoms with E-state index in [1.54, 1.807) is 26.8 Å². The lowest BCUT2D eigenvalue weighted by Crippen LogP contribution is -2.51. The second-order valence-electron chi connectivity index (χ2n) is 9.41. The molecule has 184 valence electrons. The molecule has 0 atom stereocenters. The molecule has 2 aromatic rings. The molecular weight excluding hydrogens is 446 g/mol. The van der Waals surface area contributed by atoms with Crippen LogP contribution in [0, 0.1) is 11.6 Å². The van der Waals surface area contributed by atoms with Crippen molar-refractivity contribution in [1.82, 2.24) is 10.2 Å². The van der Waals surface area contributed by atoms with Crippen LogP contribution in [-0.2, 0) is 10.2 Å². The molecule has 0 radical (unpaired) electrons. The lowest BCUT2D eigenvalue weighted by molar-refractivity contribution is 0.0160. The van der Waals surface area contributed by atoms with Gasteiger partial charge in [-0.2, -0.15) is 0 Å². The average molecular weight is 477 g/mol. The van der Waals surface area contributed by atoms with E-state index in [0.717, 1.165) is 18.2 Å². The van der Waals surface area contributed by atoms with Gasteiger partial charge in [0.15, 0.2) is 0 Å². The van der Waals surface area contributed by atoms with Gasteiger partial charge in [-0.15, -0.1) is 0 Å². The number of hydrogen-bond acceptors (Lipinski definition) is 5. The van der Waals surface area contributed by atoms with Crippen molar-refractivity contribution < 1.29 is 33.0 Å². The molecule has 3 rings (SSSR count). The number of rotatable bonds is 5. The number of carbonyl (C=O) groups is 2. The van der Waals surface area contributed by atoms with Crippen LogP contribution in [0.15, 0.2) is 36.4 Å². The number of phenols is 1. The predicted molar refractivity (Wildman–Crippen MR) is 122 cm³/mol. The number of hydrogen-bond donors (Lipinski definition) is 2. The van der Waals surface area contributed by atoms with Crippen LogP contribution >= 0.6 is 0 Å². The Morgan fingerprint density at radius 3 is 2.44 bits per heavy atom. The maximum Gasteiger partial charge on any atom is 0.410 e. The van der Waals surface area contributed by atoms with E-state index in [2.05, 4.69) is 5.32 Å².